The summed E-state index contributed by atoms with van der Waals surface area (Å²) >= 11 is 0. The SMILES string of the molecule is Cc1nccn1CCC(=O)N1C[C@@H](c2ccc(F)cc2)[C@@H]2[C@H]1C1CCN2CC1. The van der Waals surface area contributed by atoms with E-state index in [1.54, 1.807) is 18.3 Å². The number of halogens is 1. The van der Waals surface area contributed by atoms with Gasteiger partial charge in [-0.05, 0) is 56.5 Å². The Morgan fingerprint density at radius 3 is 2.61 bits per heavy atom. The van der Waals surface area contributed by atoms with Crippen molar-refractivity contribution in [2.24, 2.45) is 5.92 Å². The third-order valence-electron chi connectivity index (χ3n) is 7.10. The van der Waals surface area contributed by atoms with E-state index in [9.17, 15) is 9.18 Å². The van der Waals surface area contributed by atoms with Gasteiger partial charge in [0.2, 0.25) is 5.91 Å². The molecule has 4 fully saturated rings. The van der Waals surface area contributed by atoms with Crippen LogP contribution in [0.3, 0.4) is 0 Å². The van der Waals surface area contributed by atoms with E-state index in [4.69, 9.17) is 0 Å². The van der Waals surface area contributed by atoms with Crippen LogP contribution >= 0.6 is 0 Å². The van der Waals surface area contributed by atoms with Gasteiger partial charge in [-0.1, -0.05) is 12.1 Å². The minimum absolute atomic E-state index is 0.201. The van der Waals surface area contributed by atoms with Crippen LogP contribution < -0.4 is 0 Å². The van der Waals surface area contributed by atoms with Crippen molar-refractivity contribution < 1.29 is 9.18 Å². The number of hydrogen-bond acceptors (Lipinski definition) is 3. The summed E-state index contributed by atoms with van der Waals surface area (Å²) in [6.07, 6.45) is 6.58. The van der Waals surface area contributed by atoms with Gasteiger partial charge in [-0.25, -0.2) is 9.37 Å². The van der Waals surface area contributed by atoms with Crippen molar-refractivity contribution in [2.45, 2.75) is 50.7 Å². The van der Waals surface area contributed by atoms with Gasteiger partial charge in [0.05, 0.1) is 6.04 Å². The second-order valence-corrected chi connectivity index (χ2v) is 8.48. The molecular formula is C22H27FN4O. The van der Waals surface area contributed by atoms with Crippen LogP contribution in [0, 0.1) is 18.7 Å². The Labute approximate surface area is 165 Å². The number of piperidine rings is 3. The Morgan fingerprint density at radius 2 is 1.93 bits per heavy atom. The number of aryl methyl sites for hydroxylation is 2. The van der Waals surface area contributed by atoms with Crippen molar-refractivity contribution in [3.63, 3.8) is 0 Å². The average molecular weight is 382 g/mol. The second-order valence-electron chi connectivity index (χ2n) is 8.48. The first-order chi connectivity index (χ1) is 13.6. The molecule has 2 aromatic rings. The molecule has 4 aliphatic heterocycles. The van der Waals surface area contributed by atoms with Crippen LogP contribution in [0.4, 0.5) is 4.39 Å². The number of likely N-dealkylation sites (tertiary alicyclic amines) is 1. The highest BCUT2D eigenvalue weighted by Crippen LogP contribution is 2.46. The molecule has 4 aliphatic rings. The van der Waals surface area contributed by atoms with E-state index in [2.05, 4.69) is 14.8 Å². The number of hydrogen-bond donors (Lipinski definition) is 0. The predicted molar refractivity (Wildman–Crippen MR) is 104 cm³/mol. The molecule has 0 saturated carbocycles. The number of carbonyl (C=O) groups excluding carboxylic acids is 1. The van der Waals surface area contributed by atoms with Gasteiger partial charge in [-0.3, -0.25) is 9.69 Å². The molecule has 5 heterocycles. The Balaban J connectivity index is 1.39. The van der Waals surface area contributed by atoms with Crippen molar-refractivity contribution >= 4 is 5.91 Å². The van der Waals surface area contributed by atoms with E-state index >= 15 is 0 Å². The van der Waals surface area contributed by atoms with Crippen LogP contribution in [0.5, 0.6) is 0 Å². The molecule has 2 bridgehead atoms. The zero-order valence-electron chi connectivity index (χ0n) is 16.3. The molecule has 6 heteroatoms. The normalized spacial score (nSPS) is 31.2. The number of amides is 1. The van der Waals surface area contributed by atoms with Gasteiger partial charge in [-0.2, -0.15) is 0 Å². The molecule has 1 amide bonds. The van der Waals surface area contributed by atoms with E-state index in [0.717, 1.165) is 31.0 Å². The second kappa shape index (κ2) is 6.99. The highest BCUT2D eigenvalue weighted by Gasteiger charge is 2.54. The summed E-state index contributed by atoms with van der Waals surface area (Å²) in [5.74, 6) is 1.85. The number of aromatic nitrogens is 2. The highest BCUT2D eigenvalue weighted by molar-refractivity contribution is 5.77. The molecule has 0 unspecified atom stereocenters. The summed E-state index contributed by atoms with van der Waals surface area (Å²) in [5.41, 5.74) is 1.16. The summed E-state index contributed by atoms with van der Waals surface area (Å²) in [4.78, 5) is 22.2. The third-order valence-corrected chi connectivity index (χ3v) is 7.10. The molecule has 5 nitrogen and oxygen atoms in total. The van der Waals surface area contributed by atoms with Gasteiger partial charge in [0.15, 0.2) is 0 Å². The molecule has 1 aromatic heterocycles. The first-order valence-corrected chi connectivity index (χ1v) is 10.4. The van der Waals surface area contributed by atoms with E-state index in [-0.39, 0.29) is 17.6 Å². The standard InChI is InChI=1S/C22H27FN4O/c1-15-24-9-13-25(15)12-8-20(28)27-14-19(16-2-4-18(23)5-3-16)22-21(27)17-6-10-26(22)11-7-17/h2-5,9,13,17,19,21-22H,6-8,10-12,14H2,1H3/t19-,21+,22+/m0/s1. The Hall–Kier alpha value is -2.21. The van der Waals surface area contributed by atoms with Crippen molar-refractivity contribution in [2.75, 3.05) is 19.6 Å². The fraction of sp³-hybridized carbons (Fsp3) is 0.545. The van der Waals surface area contributed by atoms with E-state index in [1.807, 2.05) is 29.8 Å². The molecule has 28 heavy (non-hydrogen) atoms. The summed E-state index contributed by atoms with van der Waals surface area (Å²) in [7, 11) is 0. The van der Waals surface area contributed by atoms with Crippen molar-refractivity contribution in [1.29, 1.82) is 0 Å². The number of rotatable bonds is 4. The molecule has 6 rings (SSSR count). The van der Waals surface area contributed by atoms with Gasteiger partial charge < -0.3 is 9.47 Å². The number of imidazole rings is 1. The fourth-order valence-corrected chi connectivity index (χ4v) is 5.71. The van der Waals surface area contributed by atoms with Crippen LogP contribution in [-0.2, 0) is 11.3 Å². The minimum Gasteiger partial charge on any atom is -0.337 e. The van der Waals surface area contributed by atoms with Crippen LogP contribution in [-0.4, -0.2) is 57.0 Å². The van der Waals surface area contributed by atoms with Gasteiger partial charge in [-0.15, -0.1) is 0 Å². The first kappa shape index (κ1) is 17.9. The Bertz CT molecular complexity index is 856. The van der Waals surface area contributed by atoms with Crippen LogP contribution in [0.2, 0.25) is 0 Å². The molecule has 1 aromatic carbocycles. The van der Waals surface area contributed by atoms with Gasteiger partial charge in [0, 0.05) is 43.9 Å². The van der Waals surface area contributed by atoms with Crippen LogP contribution in [0.15, 0.2) is 36.7 Å². The summed E-state index contributed by atoms with van der Waals surface area (Å²) < 4.78 is 15.5. The number of nitrogens with zero attached hydrogens (tertiary/aromatic N) is 4. The zero-order chi connectivity index (χ0) is 19.3. The molecule has 4 saturated heterocycles. The van der Waals surface area contributed by atoms with E-state index in [0.29, 0.717) is 31.0 Å². The molecule has 0 N–H and O–H groups in total. The average Bonchev–Trinajstić information content (AvgIpc) is 3.33. The van der Waals surface area contributed by atoms with Gasteiger partial charge in [0.1, 0.15) is 11.6 Å². The maximum atomic E-state index is 13.4. The summed E-state index contributed by atoms with van der Waals surface area (Å²) in [6.45, 7) is 5.64. The lowest BCUT2D eigenvalue weighted by Crippen LogP contribution is -2.60. The largest absolute Gasteiger partial charge is 0.337 e. The maximum absolute atomic E-state index is 13.4. The molecule has 0 radical (unpaired) electrons. The zero-order valence-corrected chi connectivity index (χ0v) is 16.3. The minimum atomic E-state index is -0.201. The first-order valence-electron chi connectivity index (χ1n) is 10.4. The number of carbonyl (C=O) groups is 1. The monoisotopic (exact) mass is 382 g/mol. The quantitative estimate of drug-likeness (QED) is 0.817. The summed E-state index contributed by atoms with van der Waals surface area (Å²) in [5, 5.41) is 0. The lowest BCUT2D eigenvalue weighted by atomic mass is 9.75. The van der Waals surface area contributed by atoms with Crippen LogP contribution in [0.1, 0.15) is 36.6 Å². The number of benzene rings is 1. The fourth-order valence-electron chi connectivity index (χ4n) is 5.71. The van der Waals surface area contributed by atoms with Crippen molar-refractivity contribution in [3.8, 4) is 0 Å². The Kier molecular flexibility index (Phi) is 4.46. The van der Waals surface area contributed by atoms with E-state index < -0.39 is 0 Å². The highest BCUT2D eigenvalue weighted by atomic mass is 19.1. The topological polar surface area (TPSA) is 41.4 Å². The maximum Gasteiger partial charge on any atom is 0.224 e. The smallest absolute Gasteiger partial charge is 0.224 e. The van der Waals surface area contributed by atoms with Crippen molar-refractivity contribution in [1.82, 2.24) is 19.4 Å². The van der Waals surface area contributed by atoms with Crippen molar-refractivity contribution in [3.05, 3.63) is 53.9 Å². The van der Waals surface area contributed by atoms with Crippen LogP contribution in [0.25, 0.3) is 0 Å². The lowest BCUT2D eigenvalue weighted by molar-refractivity contribution is -0.136. The lowest BCUT2D eigenvalue weighted by Gasteiger charge is -2.51. The summed E-state index contributed by atoms with van der Waals surface area (Å²) in [6, 6.07) is 7.58. The van der Waals surface area contributed by atoms with E-state index in [1.165, 1.54) is 12.8 Å². The predicted octanol–water partition coefficient (Wildman–Crippen LogP) is 2.81. The molecule has 0 spiro atoms. The molecular weight excluding hydrogens is 355 g/mol. The Morgan fingerprint density at radius 1 is 1.18 bits per heavy atom. The number of fused-ring (bicyclic) bond motifs is 2. The van der Waals surface area contributed by atoms with Gasteiger partial charge in [0.25, 0.3) is 0 Å². The molecule has 0 aliphatic carbocycles. The molecule has 148 valence electrons. The third kappa shape index (κ3) is 2.94. The van der Waals surface area contributed by atoms with Gasteiger partial charge >= 0.3 is 0 Å². The molecule has 3 atom stereocenters.